The monoisotopic (exact) mass is 784 g/mol. The van der Waals surface area contributed by atoms with Gasteiger partial charge in [0.1, 0.15) is 29.0 Å². The van der Waals surface area contributed by atoms with E-state index in [4.69, 9.17) is 19.9 Å². The number of hydrogen-bond donors (Lipinski definition) is 1. The number of benzene rings is 5. The van der Waals surface area contributed by atoms with Crippen LogP contribution in [0, 0.1) is 0 Å². The average molecular weight is 785 g/mol. The third kappa shape index (κ3) is 8.08. The number of phenols is 1. The molecule has 0 bridgehead atoms. The van der Waals surface area contributed by atoms with Crippen LogP contribution in [0.4, 0.5) is 0 Å². The summed E-state index contributed by atoms with van der Waals surface area (Å²) in [6, 6.07) is 39.4. The molecule has 0 aliphatic carbocycles. The number of imidazole rings is 4. The quantitative estimate of drug-likeness (QED) is 0.108. The Morgan fingerprint density at radius 2 is 0.678 bits per heavy atom. The van der Waals surface area contributed by atoms with Gasteiger partial charge in [0, 0.05) is 93.1 Å². The van der Waals surface area contributed by atoms with Crippen molar-refractivity contribution in [2.75, 3.05) is 26.2 Å². The maximum absolute atomic E-state index is 11.2. The van der Waals surface area contributed by atoms with Gasteiger partial charge >= 0.3 is 0 Å². The van der Waals surface area contributed by atoms with Gasteiger partial charge < -0.3 is 23.4 Å². The number of aromatic hydroxyl groups is 1. The molecule has 300 valence electrons. The molecule has 5 aromatic carbocycles. The van der Waals surface area contributed by atoms with Gasteiger partial charge in [-0.3, -0.25) is 9.80 Å². The summed E-state index contributed by atoms with van der Waals surface area (Å²) in [6.45, 7) is 4.63. The lowest BCUT2D eigenvalue weighted by atomic mass is 10.1. The van der Waals surface area contributed by atoms with Crippen LogP contribution in [0.3, 0.4) is 0 Å². The van der Waals surface area contributed by atoms with Gasteiger partial charge in [-0.1, -0.05) is 54.6 Å². The second-order valence-corrected chi connectivity index (χ2v) is 15.9. The molecule has 11 nitrogen and oxygen atoms in total. The van der Waals surface area contributed by atoms with Crippen molar-refractivity contribution in [1.82, 2.24) is 48.0 Å². The van der Waals surface area contributed by atoms with Crippen LogP contribution in [-0.2, 0) is 67.0 Å². The van der Waals surface area contributed by atoms with Crippen molar-refractivity contribution in [2.24, 2.45) is 28.2 Å². The topological polar surface area (TPSA) is 98.0 Å². The van der Waals surface area contributed by atoms with Crippen LogP contribution in [0.15, 0.2) is 115 Å². The summed E-state index contributed by atoms with van der Waals surface area (Å²) in [6.07, 6.45) is 3.21. The Hall–Kier alpha value is -6.30. The molecule has 0 aliphatic rings. The number of aryl methyl sites for hydroxylation is 4. The van der Waals surface area contributed by atoms with Crippen molar-refractivity contribution in [2.45, 2.75) is 38.8 Å². The van der Waals surface area contributed by atoms with E-state index in [1.165, 1.54) is 0 Å². The highest BCUT2D eigenvalue weighted by Gasteiger charge is 2.18. The van der Waals surface area contributed by atoms with Gasteiger partial charge in [-0.25, -0.2) is 19.9 Å². The van der Waals surface area contributed by atoms with Gasteiger partial charge in [0.05, 0.1) is 44.1 Å². The van der Waals surface area contributed by atoms with E-state index in [0.717, 1.165) is 130 Å². The average Bonchev–Trinajstić information content (AvgIpc) is 3.96. The molecular formula is C48H52N10O. The maximum Gasteiger partial charge on any atom is 0.116 e. The van der Waals surface area contributed by atoms with Crippen LogP contribution in [-0.4, -0.2) is 79.3 Å². The van der Waals surface area contributed by atoms with E-state index >= 15 is 0 Å². The van der Waals surface area contributed by atoms with Gasteiger partial charge in [-0.05, 0) is 71.8 Å². The highest BCUT2D eigenvalue weighted by molar-refractivity contribution is 5.77. The van der Waals surface area contributed by atoms with E-state index in [1.54, 1.807) is 0 Å². The Balaban J connectivity index is 0.963. The number of para-hydroxylation sites is 8. The molecule has 9 aromatic rings. The first-order valence-electron chi connectivity index (χ1n) is 20.7. The van der Waals surface area contributed by atoms with Crippen molar-refractivity contribution in [1.29, 1.82) is 0 Å². The van der Waals surface area contributed by atoms with E-state index in [1.807, 2.05) is 36.4 Å². The molecular weight excluding hydrogens is 733 g/mol. The fourth-order valence-electron chi connectivity index (χ4n) is 8.69. The van der Waals surface area contributed by atoms with Crippen LogP contribution in [0.25, 0.3) is 44.1 Å². The molecule has 0 unspecified atom stereocenters. The minimum atomic E-state index is 0.286. The molecule has 9 rings (SSSR count). The lowest BCUT2D eigenvalue weighted by Crippen LogP contribution is -2.30. The summed E-state index contributed by atoms with van der Waals surface area (Å²) in [7, 11) is 8.42. The van der Waals surface area contributed by atoms with E-state index in [0.29, 0.717) is 13.1 Å². The first kappa shape index (κ1) is 38.2. The predicted molar refractivity (Wildman–Crippen MR) is 236 cm³/mol. The number of nitrogens with zero attached hydrogens (tertiary/aromatic N) is 10. The normalized spacial score (nSPS) is 12.1. The third-order valence-corrected chi connectivity index (χ3v) is 12.0. The van der Waals surface area contributed by atoms with Crippen molar-refractivity contribution >= 4 is 44.1 Å². The Morgan fingerprint density at radius 3 is 0.949 bits per heavy atom. The summed E-state index contributed by atoms with van der Waals surface area (Å²) < 4.78 is 8.84. The first-order chi connectivity index (χ1) is 28.8. The summed E-state index contributed by atoms with van der Waals surface area (Å²) in [5, 5.41) is 11.2. The molecule has 11 heteroatoms. The van der Waals surface area contributed by atoms with Crippen molar-refractivity contribution < 1.29 is 5.11 Å². The Bertz CT molecular complexity index is 2540. The van der Waals surface area contributed by atoms with E-state index in [9.17, 15) is 5.11 Å². The molecule has 0 atom stereocenters. The molecule has 0 aliphatic heterocycles. The summed E-state index contributed by atoms with van der Waals surface area (Å²) in [5.74, 6) is 4.54. The van der Waals surface area contributed by atoms with Gasteiger partial charge in [0.15, 0.2) is 0 Å². The predicted octanol–water partition coefficient (Wildman–Crippen LogP) is 7.51. The number of rotatable bonds is 16. The molecule has 0 fully saturated rings. The van der Waals surface area contributed by atoms with Gasteiger partial charge in [-0.2, -0.15) is 0 Å². The smallest absolute Gasteiger partial charge is 0.116 e. The van der Waals surface area contributed by atoms with Crippen molar-refractivity contribution in [3.63, 3.8) is 0 Å². The van der Waals surface area contributed by atoms with Gasteiger partial charge in [0.25, 0.3) is 0 Å². The van der Waals surface area contributed by atoms with Crippen LogP contribution >= 0.6 is 0 Å². The zero-order valence-corrected chi connectivity index (χ0v) is 34.5. The van der Waals surface area contributed by atoms with Crippen LogP contribution in [0.1, 0.15) is 34.4 Å². The van der Waals surface area contributed by atoms with Gasteiger partial charge in [-0.15, -0.1) is 0 Å². The fraction of sp³-hybridized carbons (Fsp3) is 0.292. The van der Waals surface area contributed by atoms with Crippen LogP contribution in [0.2, 0.25) is 0 Å². The Labute approximate surface area is 344 Å². The highest BCUT2D eigenvalue weighted by Crippen LogP contribution is 2.23. The zero-order chi connectivity index (χ0) is 40.5. The van der Waals surface area contributed by atoms with Crippen molar-refractivity contribution in [3.8, 4) is 5.75 Å². The molecule has 59 heavy (non-hydrogen) atoms. The lowest BCUT2D eigenvalue weighted by molar-refractivity contribution is 0.262. The van der Waals surface area contributed by atoms with E-state index in [-0.39, 0.29) is 5.75 Å². The second kappa shape index (κ2) is 16.5. The zero-order valence-electron chi connectivity index (χ0n) is 34.5. The maximum atomic E-state index is 11.2. The fourth-order valence-corrected chi connectivity index (χ4v) is 8.69. The molecule has 0 radical (unpaired) electrons. The minimum Gasteiger partial charge on any atom is -0.508 e. The lowest BCUT2D eigenvalue weighted by Gasteiger charge is -2.25. The Morgan fingerprint density at radius 1 is 0.407 bits per heavy atom. The summed E-state index contributed by atoms with van der Waals surface area (Å²) >= 11 is 0. The molecule has 0 saturated heterocycles. The third-order valence-electron chi connectivity index (χ3n) is 12.0. The molecule has 4 aromatic heterocycles. The molecule has 0 amide bonds. The van der Waals surface area contributed by atoms with Crippen LogP contribution in [0.5, 0.6) is 5.75 Å². The molecule has 4 heterocycles. The Kier molecular flexibility index (Phi) is 10.7. The number of hydrogen-bond acceptors (Lipinski definition) is 7. The first-order valence-corrected chi connectivity index (χ1v) is 20.7. The molecule has 0 saturated carbocycles. The second-order valence-electron chi connectivity index (χ2n) is 15.9. The van der Waals surface area contributed by atoms with Gasteiger partial charge in [0.2, 0.25) is 0 Å². The number of phenolic OH excluding ortho intramolecular Hbond substituents is 1. The SMILES string of the molecule is Cn1c(CCN(CCc2nc3ccccc3n2C)Cc2cc(O)cc(CN(CCc3nc4ccccc4n3C)CCc3nc4ccccc4n3C)c2)nc2ccccc21. The highest BCUT2D eigenvalue weighted by atomic mass is 16.3. The largest absolute Gasteiger partial charge is 0.508 e. The summed E-state index contributed by atoms with van der Waals surface area (Å²) in [4.78, 5) is 24.9. The number of fused-ring (bicyclic) bond motifs is 4. The van der Waals surface area contributed by atoms with E-state index in [2.05, 4.69) is 135 Å². The van der Waals surface area contributed by atoms with Crippen molar-refractivity contribution in [3.05, 3.63) is 150 Å². The standard InChI is InChI=1S/C48H52N10O/c1-53-41-17-9-5-13-37(41)49-45(53)21-25-57(26-22-46-50-38-14-6-10-18-42(38)54(46)2)32-34-29-35(31-36(59)30-34)33-58(27-23-47-51-39-15-7-11-19-43(39)55(47)3)28-24-48-52-40-16-8-12-20-44(40)56(48)4/h5-20,29-31,59H,21-28,32-33H2,1-4H3. The van der Waals surface area contributed by atoms with E-state index < -0.39 is 0 Å². The molecule has 0 spiro atoms. The summed E-state index contributed by atoms with van der Waals surface area (Å²) in [5.41, 5.74) is 10.8. The minimum absolute atomic E-state index is 0.286. The number of aromatic nitrogens is 8. The molecule has 1 N–H and O–H groups in total. The van der Waals surface area contributed by atoms with Crippen LogP contribution < -0.4 is 0 Å².